The van der Waals surface area contributed by atoms with E-state index in [4.69, 9.17) is 0 Å². The fraction of sp³-hybridized carbons (Fsp3) is 0.278. The molecule has 0 saturated carbocycles. The summed E-state index contributed by atoms with van der Waals surface area (Å²) in [5.41, 5.74) is 2.75. The number of aryl methyl sites for hydroxylation is 3. The highest BCUT2D eigenvalue weighted by atomic mass is 32.2. The number of pyridine rings is 1. The zero-order valence-corrected chi connectivity index (χ0v) is 14.7. The molecule has 3 aromatic rings. The molecule has 126 valence electrons. The standard InChI is InChI=1S/C18H21N3O2S/c1-14-6-7-17(15(2)13-14)24(22,23)20-10-4-11-21-12-8-16-5-3-9-19-18(16)21/h3,5-9,12-13,20H,4,10-11H2,1-2H3. The Bertz CT molecular complexity index is 961. The molecule has 0 aliphatic rings. The molecule has 2 heterocycles. The van der Waals surface area contributed by atoms with Crippen LogP contribution in [0.2, 0.25) is 0 Å². The van der Waals surface area contributed by atoms with Gasteiger partial charge >= 0.3 is 0 Å². The highest BCUT2D eigenvalue weighted by Crippen LogP contribution is 2.16. The highest BCUT2D eigenvalue weighted by molar-refractivity contribution is 7.89. The maximum atomic E-state index is 12.4. The van der Waals surface area contributed by atoms with Crippen LogP contribution in [0.5, 0.6) is 0 Å². The summed E-state index contributed by atoms with van der Waals surface area (Å²) in [4.78, 5) is 4.71. The first-order valence-electron chi connectivity index (χ1n) is 7.94. The van der Waals surface area contributed by atoms with E-state index in [2.05, 4.69) is 9.71 Å². The lowest BCUT2D eigenvalue weighted by atomic mass is 10.2. The van der Waals surface area contributed by atoms with Crippen LogP contribution in [-0.4, -0.2) is 24.5 Å². The Morgan fingerprint density at radius 1 is 1.17 bits per heavy atom. The molecule has 0 aliphatic heterocycles. The molecule has 0 spiro atoms. The van der Waals surface area contributed by atoms with Crippen molar-refractivity contribution in [2.45, 2.75) is 31.7 Å². The van der Waals surface area contributed by atoms with Crippen molar-refractivity contribution in [2.24, 2.45) is 0 Å². The minimum Gasteiger partial charge on any atom is -0.332 e. The van der Waals surface area contributed by atoms with Gasteiger partial charge < -0.3 is 4.57 Å². The zero-order valence-electron chi connectivity index (χ0n) is 13.9. The van der Waals surface area contributed by atoms with E-state index in [1.807, 2.05) is 54.9 Å². The molecule has 0 saturated heterocycles. The van der Waals surface area contributed by atoms with Crippen LogP contribution in [0, 0.1) is 13.8 Å². The molecule has 0 fully saturated rings. The molecular weight excluding hydrogens is 322 g/mol. The van der Waals surface area contributed by atoms with Gasteiger partial charge in [-0.05, 0) is 50.1 Å². The molecule has 2 aromatic heterocycles. The van der Waals surface area contributed by atoms with Crippen molar-refractivity contribution in [2.75, 3.05) is 6.54 Å². The number of nitrogens with one attached hydrogen (secondary N) is 1. The van der Waals surface area contributed by atoms with Gasteiger partial charge in [-0.2, -0.15) is 0 Å². The second kappa shape index (κ2) is 6.75. The van der Waals surface area contributed by atoms with Crippen LogP contribution in [0.1, 0.15) is 17.5 Å². The Labute approximate surface area is 142 Å². The number of benzene rings is 1. The van der Waals surface area contributed by atoms with Crippen LogP contribution in [-0.2, 0) is 16.6 Å². The van der Waals surface area contributed by atoms with Crippen molar-refractivity contribution in [1.82, 2.24) is 14.3 Å². The Kier molecular flexibility index (Phi) is 4.69. The summed E-state index contributed by atoms with van der Waals surface area (Å²) in [7, 11) is -3.47. The average molecular weight is 343 g/mol. The fourth-order valence-corrected chi connectivity index (χ4v) is 4.13. The molecule has 24 heavy (non-hydrogen) atoms. The van der Waals surface area contributed by atoms with Gasteiger partial charge in [0, 0.05) is 30.9 Å². The van der Waals surface area contributed by atoms with Crippen LogP contribution in [0.4, 0.5) is 0 Å². The Balaban J connectivity index is 1.61. The van der Waals surface area contributed by atoms with Crippen molar-refractivity contribution in [1.29, 1.82) is 0 Å². The largest absolute Gasteiger partial charge is 0.332 e. The fourth-order valence-electron chi connectivity index (χ4n) is 2.84. The van der Waals surface area contributed by atoms with Gasteiger partial charge in [0.25, 0.3) is 0 Å². The third kappa shape index (κ3) is 3.49. The van der Waals surface area contributed by atoms with Gasteiger partial charge in [-0.1, -0.05) is 17.7 Å². The average Bonchev–Trinajstić information content (AvgIpc) is 2.94. The van der Waals surface area contributed by atoms with Gasteiger partial charge in [-0.15, -0.1) is 0 Å². The normalized spacial score (nSPS) is 11.9. The number of hydrogen-bond acceptors (Lipinski definition) is 3. The Hall–Kier alpha value is -2.18. The van der Waals surface area contributed by atoms with Crippen molar-refractivity contribution in [3.63, 3.8) is 0 Å². The summed E-state index contributed by atoms with van der Waals surface area (Å²) in [5, 5.41) is 1.09. The number of nitrogens with zero attached hydrogens (tertiary/aromatic N) is 2. The van der Waals surface area contributed by atoms with E-state index in [-0.39, 0.29) is 0 Å². The van der Waals surface area contributed by atoms with Gasteiger partial charge in [0.2, 0.25) is 10.0 Å². The second-order valence-corrected chi connectivity index (χ2v) is 7.68. The number of rotatable bonds is 6. The zero-order chi connectivity index (χ0) is 17.2. The monoisotopic (exact) mass is 343 g/mol. The summed E-state index contributed by atoms with van der Waals surface area (Å²) < 4.78 is 29.5. The first-order chi connectivity index (χ1) is 11.5. The van der Waals surface area contributed by atoms with Crippen LogP contribution in [0.3, 0.4) is 0 Å². The van der Waals surface area contributed by atoms with Gasteiger partial charge in [-0.25, -0.2) is 18.1 Å². The van der Waals surface area contributed by atoms with Crippen molar-refractivity contribution < 1.29 is 8.42 Å². The predicted molar refractivity (Wildman–Crippen MR) is 95.5 cm³/mol. The maximum absolute atomic E-state index is 12.4. The summed E-state index contributed by atoms with van der Waals surface area (Å²) in [6.07, 6.45) is 4.45. The Morgan fingerprint density at radius 3 is 2.79 bits per heavy atom. The first-order valence-corrected chi connectivity index (χ1v) is 9.42. The molecular formula is C18H21N3O2S. The van der Waals surface area contributed by atoms with Gasteiger partial charge in [-0.3, -0.25) is 0 Å². The molecule has 0 unspecified atom stereocenters. The minimum absolute atomic E-state index is 0.348. The quantitative estimate of drug-likeness (QED) is 0.700. The SMILES string of the molecule is Cc1ccc(S(=O)(=O)NCCCn2ccc3cccnc32)c(C)c1. The smallest absolute Gasteiger partial charge is 0.240 e. The number of fused-ring (bicyclic) bond motifs is 1. The molecule has 3 rings (SSSR count). The lowest BCUT2D eigenvalue weighted by Gasteiger charge is -2.10. The first kappa shape index (κ1) is 16.7. The predicted octanol–water partition coefficient (Wildman–Crippen LogP) is 3.02. The molecule has 0 atom stereocenters. The lowest BCUT2D eigenvalue weighted by molar-refractivity contribution is 0.571. The van der Waals surface area contributed by atoms with E-state index < -0.39 is 10.0 Å². The van der Waals surface area contributed by atoms with Gasteiger partial charge in [0.1, 0.15) is 5.65 Å². The van der Waals surface area contributed by atoms with Crippen LogP contribution in [0.15, 0.2) is 53.7 Å². The minimum atomic E-state index is -3.47. The van der Waals surface area contributed by atoms with E-state index >= 15 is 0 Å². The Morgan fingerprint density at radius 2 is 2.00 bits per heavy atom. The van der Waals surface area contributed by atoms with Crippen molar-refractivity contribution >= 4 is 21.1 Å². The highest BCUT2D eigenvalue weighted by Gasteiger charge is 2.15. The van der Waals surface area contributed by atoms with Crippen molar-refractivity contribution in [3.05, 3.63) is 59.9 Å². The number of hydrogen-bond donors (Lipinski definition) is 1. The third-order valence-corrected chi connectivity index (χ3v) is 5.63. The molecule has 0 amide bonds. The summed E-state index contributed by atoms with van der Waals surface area (Å²) in [6.45, 7) is 4.88. The number of sulfonamides is 1. The molecule has 5 nitrogen and oxygen atoms in total. The lowest BCUT2D eigenvalue weighted by Crippen LogP contribution is -2.26. The molecule has 1 aromatic carbocycles. The van der Waals surface area contributed by atoms with E-state index in [1.54, 1.807) is 12.3 Å². The molecule has 0 radical (unpaired) electrons. The molecule has 0 bridgehead atoms. The number of aromatic nitrogens is 2. The second-order valence-electron chi connectivity index (χ2n) is 5.95. The summed E-state index contributed by atoms with van der Waals surface area (Å²) >= 11 is 0. The summed E-state index contributed by atoms with van der Waals surface area (Å²) in [5.74, 6) is 0. The van der Waals surface area contributed by atoms with Crippen LogP contribution in [0.25, 0.3) is 11.0 Å². The van der Waals surface area contributed by atoms with E-state index in [0.717, 1.165) is 28.7 Å². The van der Waals surface area contributed by atoms with E-state index in [9.17, 15) is 8.42 Å². The maximum Gasteiger partial charge on any atom is 0.240 e. The van der Waals surface area contributed by atoms with E-state index in [1.165, 1.54) is 0 Å². The molecule has 1 N–H and O–H groups in total. The molecule has 6 heteroatoms. The van der Waals surface area contributed by atoms with Crippen LogP contribution >= 0.6 is 0 Å². The summed E-state index contributed by atoms with van der Waals surface area (Å²) in [6, 6.07) is 11.3. The van der Waals surface area contributed by atoms with Gasteiger partial charge in [0.05, 0.1) is 4.90 Å². The van der Waals surface area contributed by atoms with Crippen molar-refractivity contribution in [3.8, 4) is 0 Å². The van der Waals surface area contributed by atoms with Crippen LogP contribution < -0.4 is 4.72 Å². The molecule has 0 aliphatic carbocycles. The topological polar surface area (TPSA) is 64.0 Å². The van der Waals surface area contributed by atoms with E-state index in [0.29, 0.717) is 17.9 Å². The third-order valence-electron chi connectivity index (χ3n) is 4.01. The van der Waals surface area contributed by atoms with Gasteiger partial charge in [0.15, 0.2) is 0 Å².